The zero-order valence-electron chi connectivity index (χ0n) is 73.1. The van der Waals surface area contributed by atoms with Gasteiger partial charge in [-0.3, -0.25) is 8.80 Å². The highest BCUT2D eigenvalue weighted by molar-refractivity contribution is 9.10. The maximum Gasteiger partial charge on any atom is 0.494 e. The van der Waals surface area contributed by atoms with Gasteiger partial charge in [-0.25, -0.2) is 9.97 Å². The van der Waals surface area contributed by atoms with Crippen LogP contribution in [-0.2, 0) is 9.31 Å². The van der Waals surface area contributed by atoms with E-state index in [1.807, 2.05) is 6.07 Å². The standard InChI is InChI=1S/C59H36N2.C40H25Br.C25H23BN2O2/c1-3-13-41-33-45(27-25-37(41)11-1)57-48-16-5-6-17-49(48)58(46-28-26-38-12-2-4-14-42(38)34-46)53-36-44(29-31-50(53)57)40-23-21-39(22-24-40)43-30-32-51-52(35-43)47-15-7-9-19-55(47)61-56-20-10-8-18-54(56)60-59(51)61;41-34-20-17-28(18-21-34)31-19-22-37-38(25-31)40(33-16-14-27-8-2-4-10-30(27)24-33)36-12-6-5-11-35(36)39(37)32-15-13-26-7-1-3-9-29(26)23-32;1-24(2)25(3,4)30-26(29-24)16-13-14-18-19(15-16)17-9-5-7-11-21(17)28-22-12-8-6-10-20(22)27-23(18)28/h1-36H;1-25H;5-15H,1-4H3. The second-order valence-corrected chi connectivity index (χ2v) is 37.1. The molecule has 132 heavy (non-hydrogen) atoms. The molecule has 6 nitrogen and oxygen atoms in total. The SMILES string of the molecule is Brc1ccc(-c2ccc3c(-c4ccc5ccccc5c4)c4ccccc4c(-c4ccc5ccccc5c4)c3c2)cc1.CC1(C)OB(c2ccc3c(c2)c2ccccc2n2c4ccccc4nc32)OC1(C)C.c1ccc2cc(-c3c4ccccc4c(-c4ccc5ccccc5c4)c4cc(-c5ccc(-c6ccc7c(c6)c6ccccc6n6c8ccccc8nc76)cc5)ccc34)ccc2c1. The number of fused-ring (bicyclic) bond motifs is 24. The van der Waals surface area contributed by atoms with Crippen molar-refractivity contribution in [3.63, 3.8) is 0 Å². The van der Waals surface area contributed by atoms with Gasteiger partial charge < -0.3 is 9.31 Å². The summed E-state index contributed by atoms with van der Waals surface area (Å²) in [6.07, 6.45) is 0. The number of aromatic nitrogens is 4. The highest BCUT2D eigenvalue weighted by Crippen LogP contribution is 2.50. The topological polar surface area (TPSA) is 53.1 Å². The highest BCUT2D eigenvalue weighted by Gasteiger charge is 2.52. The molecule has 0 N–H and O–H groups in total. The van der Waals surface area contributed by atoms with Gasteiger partial charge in [0.1, 0.15) is 11.3 Å². The van der Waals surface area contributed by atoms with Crippen LogP contribution in [0.3, 0.4) is 0 Å². The van der Waals surface area contributed by atoms with E-state index in [1.54, 1.807) is 0 Å². The molecule has 0 atom stereocenters. The number of nitrogens with zero attached hydrogens (tertiary/aromatic N) is 4. The van der Waals surface area contributed by atoms with Crippen molar-refractivity contribution in [2.75, 3.05) is 0 Å². The molecule has 1 saturated heterocycles. The molecule has 26 aromatic rings. The van der Waals surface area contributed by atoms with E-state index < -0.39 is 0 Å². The van der Waals surface area contributed by atoms with Crippen LogP contribution in [0.15, 0.2) is 441 Å². The van der Waals surface area contributed by atoms with Crippen molar-refractivity contribution in [3.8, 4) is 77.9 Å². The number of hydrogen-bond acceptors (Lipinski definition) is 4. The summed E-state index contributed by atoms with van der Waals surface area (Å²) in [4.78, 5) is 10.1. The van der Waals surface area contributed by atoms with Crippen LogP contribution in [0, 0.1) is 0 Å². The molecular weight excluding hydrogens is 1670 g/mol. The van der Waals surface area contributed by atoms with Crippen molar-refractivity contribution >= 4 is 191 Å². The lowest BCUT2D eigenvalue weighted by Gasteiger charge is -2.32. The Morgan fingerprint density at radius 3 is 0.856 bits per heavy atom. The zero-order valence-corrected chi connectivity index (χ0v) is 74.7. The fourth-order valence-electron chi connectivity index (χ4n) is 20.8. The molecule has 0 aliphatic carbocycles. The fraction of sp³-hybridized carbons (Fsp3) is 0.0484. The number of rotatable bonds is 8. The molecule has 27 rings (SSSR count). The Balaban J connectivity index is 0.000000114. The average molecular weight is 1750 g/mol. The Kier molecular flexibility index (Phi) is 18.7. The van der Waals surface area contributed by atoms with Gasteiger partial charge in [0.25, 0.3) is 0 Å². The van der Waals surface area contributed by atoms with Crippen LogP contribution < -0.4 is 5.46 Å². The van der Waals surface area contributed by atoms with Gasteiger partial charge in [0.15, 0.2) is 0 Å². The molecule has 0 spiro atoms. The number of hydrogen-bond donors (Lipinski definition) is 0. The first-order valence-corrected chi connectivity index (χ1v) is 46.2. The second-order valence-electron chi connectivity index (χ2n) is 36.2. The molecule has 4 aromatic heterocycles. The minimum absolute atomic E-state index is 0.362. The van der Waals surface area contributed by atoms with Gasteiger partial charge in [0.05, 0.1) is 44.3 Å². The van der Waals surface area contributed by atoms with E-state index in [1.165, 1.54) is 191 Å². The van der Waals surface area contributed by atoms with E-state index in [2.05, 4.69) is 483 Å². The van der Waals surface area contributed by atoms with Gasteiger partial charge in [0.2, 0.25) is 0 Å². The summed E-state index contributed by atoms with van der Waals surface area (Å²) in [5.41, 5.74) is 26.1. The monoisotopic (exact) mass is 1750 g/mol. The predicted octanol–water partition coefficient (Wildman–Crippen LogP) is 33.2. The largest absolute Gasteiger partial charge is 0.494 e. The van der Waals surface area contributed by atoms with Crippen LogP contribution in [0.1, 0.15) is 27.7 Å². The third-order valence-electron chi connectivity index (χ3n) is 28.0. The normalized spacial score (nSPS) is 13.2. The molecule has 0 unspecified atom stereocenters. The molecule has 8 heteroatoms. The summed E-state index contributed by atoms with van der Waals surface area (Å²) in [5.74, 6) is 0. The molecule has 5 heterocycles. The zero-order chi connectivity index (χ0) is 88.0. The van der Waals surface area contributed by atoms with Crippen LogP contribution in [0.5, 0.6) is 0 Å². The number of para-hydroxylation sites is 6. The maximum absolute atomic E-state index is 6.30. The molecule has 0 amide bonds. The third-order valence-corrected chi connectivity index (χ3v) is 28.5. The van der Waals surface area contributed by atoms with Crippen LogP contribution >= 0.6 is 15.9 Å². The van der Waals surface area contributed by atoms with Crippen LogP contribution in [0.25, 0.3) is 241 Å². The lowest BCUT2D eigenvalue weighted by Crippen LogP contribution is -2.41. The Morgan fingerprint density at radius 2 is 0.477 bits per heavy atom. The summed E-state index contributed by atoms with van der Waals surface area (Å²) >= 11 is 3.60. The van der Waals surface area contributed by atoms with Crippen molar-refractivity contribution in [1.29, 1.82) is 0 Å². The van der Waals surface area contributed by atoms with E-state index in [-0.39, 0.29) is 18.3 Å². The van der Waals surface area contributed by atoms with Gasteiger partial charge in [0, 0.05) is 26.0 Å². The smallest absolute Gasteiger partial charge is 0.399 e. The number of pyridine rings is 2. The number of benzene rings is 22. The van der Waals surface area contributed by atoms with Crippen molar-refractivity contribution in [3.05, 3.63) is 441 Å². The first-order chi connectivity index (χ1) is 64.8. The molecule has 0 radical (unpaired) electrons. The highest BCUT2D eigenvalue weighted by atomic mass is 79.9. The molecule has 0 saturated carbocycles. The van der Waals surface area contributed by atoms with E-state index in [0.29, 0.717) is 0 Å². The van der Waals surface area contributed by atoms with Gasteiger partial charge in [-0.15, -0.1) is 0 Å². The van der Waals surface area contributed by atoms with Crippen LogP contribution in [0.2, 0.25) is 0 Å². The van der Waals surface area contributed by atoms with Crippen molar-refractivity contribution in [2.24, 2.45) is 0 Å². The summed E-state index contributed by atoms with van der Waals surface area (Å²) in [7, 11) is -0.381. The summed E-state index contributed by atoms with van der Waals surface area (Å²) in [6, 6.07) is 159. The van der Waals surface area contributed by atoms with Crippen molar-refractivity contribution < 1.29 is 9.31 Å². The van der Waals surface area contributed by atoms with E-state index >= 15 is 0 Å². The van der Waals surface area contributed by atoms with Gasteiger partial charge in [-0.05, 0) is 305 Å². The summed E-state index contributed by atoms with van der Waals surface area (Å²) < 4.78 is 18.3. The van der Waals surface area contributed by atoms with Crippen LogP contribution in [-0.4, -0.2) is 37.1 Å². The summed E-state index contributed by atoms with van der Waals surface area (Å²) in [6.45, 7) is 8.35. The number of imidazole rings is 2. The van der Waals surface area contributed by atoms with Gasteiger partial charge in [-0.1, -0.05) is 356 Å². The summed E-state index contributed by atoms with van der Waals surface area (Å²) in [5, 5.41) is 27.2. The Morgan fingerprint density at radius 1 is 0.212 bits per heavy atom. The minimum atomic E-state index is -0.381. The number of halogens is 1. The minimum Gasteiger partial charge on any atom is -0.399 e. The van der Waals surface area contributed by atoms with Gasteiger partial charge in [-0.2, -0.15) is 0 Å². The molecule has 1 aliphatic heterocycles. The first-order valence-electron chi connectivity index (χ1n) is 45.4. The van der Waals surface area contributed by atoms with E-state index in [4.69, 9.17) is 19.3 Å². The molecular formula is C124H84BBrN4O2. The first kappa shape index (κ1) is 78.6. The van der Waals surface area contributed by atoms with Crippen molar-refractivity contribution in [1.82, 2.24) is 18.8 Å². The quantitative estimate of drug-likeness (QED) is 0.0864. The molecule has 22 aromatic carbocycles. The fourth-order valence-corrected chi connectivity index (χ4v) is 21.0. The van der Waals surface area contributed by atoms with Gasteiger partial charge >= 0.3 is 7.12 Å². The Bertz CT molecular complexity index is 9260. The lowest BCUT2D eigenvalue weighted by atomic mass is 9.78. The van der Waals surface area contributed by atoms with Crippen LogP contribution in [0.4, 0.5) is 0 Å². The Labute approximate surface area is 771 Å². The second kappa shape index (κ2) is 31.3. The maximum atomic E-state index is 6.30. The molecule has 1 fully saturated rings. The predicted molar refractivity (Wildman–Crippen MR) is 563 cm³/mol. The lowest BCUT2D eigenvalue weighted by molar-refractivity contribution is 0.00578. The average Bonchev–Trinajstić information content (AvgIpc) is 1.27. The third kappa shape index (κ3) is 13.2. The molecule has 622 valence electrons. The molecule has 0 bridgehead atoms. The van der Waals surface area contributed by atoms with E-state index in [9.17, 15) is 0 Å². The van der Waals surface area contributed by atoms with Crippen molar-refractivity contribution in [2.45, 2.75) is 38.9 Å². The Hall–Kier alpha value is -15.7. The molecule has 1 aliphatic rings. The van der Waals surface area contributed by atoms with E-state index in [0.717, 1.165) is 59.6 Å².